The van der Waals surface area contributed by atoms with Crippen molar-refractivity contribution >= 4 is 17.2 Å². The van der Waals surface area contributed by atoms with Crippen LogP contribution in [0, 0.1) is 0 Å². The average Bonchev–Trinajstić information content (AvgIpc) is 2.91. The number of aromatic nitrogens is 3. The Morgan fingerprint density at radius 3 is 2.88 bits per heavy atom. The Hall–Kier alpha value is -2.86. The van der Waals surface area contributed by atoms with E-state index >= 15 is 0 Å². The molecule has 2 aromatic heterocycles. The lowest BCUT2D eigenvalue weighted by atomic mass is 10.2. The van der Waals surface area contributed by atoms with E-state index in [0.717, 1.165) is 49.2 Å². The lowest BCUT2D eigenvalue weighted by Crippen LogP contribution is -2.26. The number of pyridine rings is 1. The molecule has 0 saturated heterocycles. The molecule has 25 heavy (non-hydrogen) atoms. The third kappa shape index (κ3) is 3.64. The highest BCUT2D eigenvalue weighted by Gasteiger charge is 2.16. The summed E-state index contributed by atoms with van der Waals surface area (Å²) in [5.41, 5.74) is 3.40. The van der Waals surface area contributed by atoms with Gasteiger partial charge in [0.25, 0.3) is 0 Å². The van der Waals surface area contributed by atoms with Crippen molar-refractivity contribution in [3.63, 3.8) is 0 Å². The number of nitrogens with zero attached hydrogens (tertiary/aromatic N) is 4. The molecule has 0 saturated carbocycles. The molecule has 3 heterocycles. The summed E-state index contributed by atoms with van der Waals surface area (Å²) in [7, 11) is 2.04. The van der Waals surface area contributed by atoms with Crippen LogP contribution in [0.1, 0.15) is 11.4 Å². The molecule has 2 N–H and O–H groups in total. The number of hydrogen-bond donors (Lipinski definition) is 2. The summed E-state index contributed by atoms with van der Waals surface area (Å²) in [5.74, 6) is 1.94. The highest BCUT2D eigenvalue weighted by molar-refractivity contribution is 5.63. The van der Waals surface area contributed by atoms with Crippen molar-refractivity contribution in [3.8, 4) is 0 Å². The number of fused-ring (bicyclic) bond motifs is 1. The van der Waals surface area contributed by atoms with E-state index in [1.165, 1.54) is 5.56 Å². The molecule has 0 spiro atoms. The second-order valence-electron chi connectivity index (χ2n) is 6.31. The SMILES string of the molecule is Cn1ccnc1CN1CCNc2cc(Nc3ccccc3)ncc2C1. The van der Waals surface area contributed by atoms with Crippen LogP contribution in [0.4, 0.5) is 17.2 Å². The van der Waals surface area contributed by atoms with Gasteiger partial charge in [-0.3, -0.25) is 4.90 Å². The second kappa shape index (κ2) is 6.94. The topological polar surface area (TPSA) is 58.0 Å². The van der Waals surface area contributed by atoms with Crippen LogP contribution in [0.15, 0.2) is 55.0 Å². The maximum atomic E-state index is 4.58. The summed E-state index contributed by atoms with van der Waals surface area (Å²) in [6.07, 6.45) is 5.80. The molecule has 1 aliphatic rings. The summed E-state index contributed by atoms with van der Waals surface area (Å²) in [4.78, 5) is 11.4. The average molecular weight is 334 g/mol. The smallest absolute Gasteiger partial charge is 0.132 e. The highest BCUT2D eigenvalue weighted by Crippen LogP contribution is 2.24. The van der Waals surface area contributed by atoms with Crippen molar-refractivity contribution < 1.29 is 0 Å². The number of rotatable bonds is 4. The number of benzene rings is 1. The van der Waals surface area contributed by atoms with E-state index in [1.54, 1.807) is 0 Å². The Morgan fingerprint density at radius 1 is 1.20 bits per heavy atom. The molecule has 0 aliphatic carbocycles. The van der Waals surface area contributed by atoms with E-state index in [9.17, 15) is 0 Å². The first kappa shape index (κ1) is 15.7. The lowest BCUT2D eigenvalue weighted by molar-refractivity contribution is 0.262. The predicted molar refractivity (Wildman–Crippen MR) is 99.8 cm³/mol. The molecule has 1 aliphatic heterocycles. The molecule has 0 fully saturated rings. The zero-order chi connectivity index (χ0) is 17.1. The van der Waals surface area contributed by atoms with Crippen molar-refractivity contribution in [2.45, 2.75) is 13.1 Å². The third-order valence-corrected chi connectivity index (χ3v) is 4.46. The van der Waals surface area contributed by atoms with Gasteiger partial charge in [0.1, 0.15) is 11.6 Å². The summed E-state index contributed by atoms with van der Waals surface area (Å²) in [5, 5.41) is 6.88. The van der Waals surface area contributed by atoms with E-state index in [2.05, 4.69) is 36.1 Å². The van der Waals surface area contributed by atoms with E-state index in [-0.39, 0.29) is 0 Å². The third-order valence-electron chi connectivity index (χ3n) is 4.46. The molecule has 3 aromatic rings. The Bertz CT molecular complexity index is 842. The standard InChI is InChI=1S/C19H22N6/c1-24-9-7-21-19(24)14-25-10-8-20-17-11-18(22-12-15(17)13-25)23-16-5-3-2-4-6-16/h2-7,9,11-12,20H,8,10,13-14H2,1H3,(H,22,23). The van der Waals surface area contributed by atoms with Gasteiger partial charge in [-0.2, -0.15) is 0 Å². The normalized spacial score (nSPS) is 14.4. The van der Waals surface area contributed by atoms with Gasteiger partial charge in [-0.1, -0.05) is 18.2 Å². The van der Waals surface area contributed by atoms with Crippen LogP contribution in [0.25, 0.3) is 0 Å². The number of nitrogens with one attached hydrogen (secondary N) is 2. The first-order chi connectivity index (χ1) is 12.3. The first-order valence-corrected chi connectivity index (χ1v) is 8.51. The molecule has 128 valence electrons. The fraction of sp³-hybridized carbons (Fsp3) is 0.263. The van der Waals surface area contributed by atoms with Gasteiger partial charge in [0.05, 0.1) is 6.54 Å². The Balaban J connectivity index is 1.49. The molecule has 4 rings (SSSR count). The molecule has 6 nitrogen and oxygen atoms in total. The fourth-order valence-corrected chi connectivity index (χ4v) is 3.06. The molecule has 0 radical (unpaired) electrons. The van der Waals surface area contributed by atoms with E-state index in [0.29, 0.717) is 0 Å². The minimum Gasteiger partial charge on any atom is -0.383 e. The molecule has 0 amide bonds. The minimum absolute atomic E-state index is 0.842. The number of imidazole rings is 1. The molecule has 0 atom stereocenters. The van der Waals surface area contributed by atoms with Gasteiger partial charge in [-0.25, -0.2) is 9.97 Å². The quantitative estimate of drug-likeness (QED) is 0.768. The molecule has 1 aromatic carbocycles. The lowest BCUT2D eigenvalue weighted by Gasteiger charge is -2.19. The van der Waals surface area contributed by atoms with Gasteiger partial charge in [0.15, 0.2) is 0 Å². The van der Waals surface area contributed by atoms with Crippen LogP contribution in [-0.2, 0) is 20.1 Å². The van der Waals surface area contributed by atoms with Crippen molar-refractivity contribution in [3.05, 3.63) is 66.4 Å². The highest BCUT2D eigenvalue weighted by atomic mass is 15.2. The van der Waals surface area contributed by atoms with Gasteiger partial charge in [0, 0.05) is 68.3 Å². The van der Waals surface area contributed by atoms with Crippen molar-refractivity contribution in [2.75, 3.05) is 23.7 Å². The van der Waals surface area contributed by atoms with Gasteiger partial charge in [-0.15, -0.1) is 0 Å². The summed E-state index contributed by atoms with van der Waals surface area (Å²) in [6, 6.07) is 12.2. The van der Waals surface area contributed by atoms with Crippen molar-refractivity contribution in [1.82, 2.24) is 19.4 Å². The van der Waals surface area contributed by atoms with Gasteiger partial charge < -0.3 is 15.2 Å². The monoisotopic (exact) mass is 334 g/mol. The predicted octanol–water partition coefficient (Wildman–Crippen LogP) is 2.99. The first-order valence-electron chi connectivity index (χ1n) is 8.51. The Morgan fingerprint density at radius 2 is 2.08 bits per heavy atom. The van der Waals surface area contributed by atoms with Crippen LogP contribution < -0.4 is 10.6 Å². The molecule has 0 bridgehead atoms. The zero-order valence-electron chi connectivity index (χ0n) is 14.3. The number of anilines is 3. The number of aryl methyl sites for hydroxylation is 1. The Kier molecular flexibility index (Phi) is 4.35. The van der Waals surface area contributed by atoms with Crippen molar-refractivity contribution in [1.29, 1.82) is 0 Å². The van der Waals surface area contributed by atoms with E-state index in [1.807, 2.05) is 56.0 Å². The van der Waals surface area contributed by atoms with Crippen LogP contribution >= 0.6 is 0 Å². The largest absolute Gasteiger partial charge is 0.383 e. The maximum absolute atomic E-state index is 4.58. The molecular formula is C19H22N6. The van der Waals surface area contributed by atoms with Crippen LogP contribution in [0.2, 0.25) is 0 Å². The zero-order valence-corrected chi connectivity index (χ0v) is 14.3. The summed E-state index contributed by atoms with van der Waals surface area (Å²) < 4.78 is 2.07. The number of para-hydroxylation sites is 1. The van der Waals surface area contributed by atoms with E-state index < -0.39 is 0 Å². The molecule has 0 unspecified atom stereocenters. The van der Waals surface area contributed by atoms with Crippen LogP contribution in [0.5, 0.6) is 0 Å². The molecular weight excluding hydrogens is 312 g/mol. The number of hydrogen-bond acceptors (Lipinski definition) is 5. The fourth-order valence-electron chi connectivity index (χ4n) is 3.06. The minimum atomic E-state index is 0.842. The summed E-state index contributed by atoms with van der Waals surface area (Å²) in [6.45, 7) is 3.59. The summed E-state index contributed by atoms with van der Waals surface area (Å²) >= 11 is 0. The van der Waals surface area contributed by atoms with Gasteiger partial charge in [0.2, 0.25) is 0 Å². The maximum Gasteiger partial charge on any atom is 0.132 e. The molecule has 6 heteroatoms. The van der Waals surface area contributed by atoms with Gasteiger partial charge >= 0.3 is 0 Å². The second-order valence-corrected chi connectivity index (χ2v) is 6.31. The van der Waals surface area contributed by atoms with Gasteiger partial charge in [-0.05, 0) is 12.1 Å². The Labute approximate surface area is 147 Å². The van der Waals surface area contributed by atoms with Crippen molar-refractivity contribution in [2.24, 2.45) is 7.05 Å². The van der Waals surface area contributed by atoms with E-state index in [4.69, 9.17) is 0 Å². The van der Waals surface area contributed by atoms with Crippen LogP contribution in [0.3, 0.4) is 0 Å². The van der Waals surface area contributed by atoms with Crippen LogP contribution in [-0.4, -0.2) is 32.5 Å².